The summed E-state index contributed by atoms with van der Waals surface area (Å²) in [7, 11) is -15.6. The number of aliphatic hydroxyl groups excluding tert-OH is 2. The lowest BCUT2D eigenvalue weighted by Crippen LogP contribution is -2.33. The molecule has 0 radical (unpaired) electrons. The molecule has 0 spiro atoms. The summed E-state index contributed by atoms with van der Waals surface area (Å²) in [6.07, 6.45) is -3.43. The third-order valence-electron chi connectivity index (χ3n) is 5.37. The number of nitrogens with zero attached hydrogens (tertiary/aromatic N) is 5. The maximum Gasteiger partial charge on any atom is 0.476 e. The van der Waals surface area contributed by atoms with Gasteiger partial charge in [-0.15, -0.1) is 0 Å². The first-order chi connectivity index (χ1) is 17.5. The number of fused-ring (bicyclic) bond motifs is 1. The molecule has 6 atom stereocenters. The van der Waals surface area contributed by atoms with Crippen molar-refractivity contribution in [2.75, 3.05) is 37.9 Å². The number of aromatic nitrogens is 4. The Morgan fingerprint density at radius 1 is 1.00 bits per heavy atom. The van der Waals surface area contributed by atoms with Gasteiger partial charge in [-0.2, -0.15) is 0 Å². The summed E-state index contributed by atoms with van der Waals surface area (Å²) in [6.45, 7) is 9.29. The molecule has 3 rings (SSSR count). The van der Waals surface area contributed by atoms with Crippen molar-refractivity contribution < 1.29 is 57.1 Å². The fourth-order valence-electron chi connectivity index (χ4n) is 3.47. The molecule has 38 heavy (non-hydrogen) atoms. The van der Waals surface area contributed by atoms with Crippen LogP contribution in [-0.2, 0) is 27.3 Å². The van der Waals surface area contributed by atoms with Gasteiger partial charge in [-0.1, -0.05) is 20.8 Å². The van der Waals surface area contributed by atoms with Gasteiger partial charge in [0, 0.05) is 0 Å². The molecule has 218 valence electrons. The summed E-state index contributed by atoms with van der Waals surface area (Å²) in [5.74, 6) is -1.58. The standard InChI is InChI=1S/C11H18N5O12P3.C6H15N/c12-9-6-10(14-2-13-9)16(3-15-6)11-8(18)7(17)5(27-11)1-26-29(19,20)4-30(21,22)28-31(23,24)25;1-4-7(5-2)6-3/h2-3,5,7-8,11,17-18H,1,4H2,(H,19,20)(H,21,22)(H2,12,13,14)(H2,23,24,25);4-6H2,1-3H3/t5-,7-,8-,11-;/m1./s1. The predicted octanol–water partition coefficient (Wildman–Crippen LogP) is -0.170. The molecule has 0 saturated carbocycles. The van der Waals surface area contributed by atoms with Crippen molar-refractivity contribution in [3.05, 3.63) is 12.7 Å². The molecular weight excluding hydrogens is 573 g/mol. The van der Waals surface area contributed by atoms with E-state index in [2.05, 4.69) is 49.5 Å². The molecule has 0 aliphatic carbocycles. The SMILES string of the molecule is CCN(CC)CC.Nc1ncnc2c1ncn2[C@@H]1O[C@H](COP(=O)(O)CP(=O)(O)OP(=O)(O)O)[C@@H](O)[C@H]1O. The summed E-state index contributed by atoms with van der Waals surface area (Å²) < 4.78 is 49.2. The number of hydrogen-bond donors (Lipinski definition) is 7. The first-order valence-corrected chi connectivity index (χ1v) is 16.3. The Kier molecular flexibility index (Phi) is 11.5. The van der Waals surface area contributed by atoms with E-state index in [4.69, 9.17) is 20.3 Å². The molecule has 1 fully saturated rings. The molecule has 0 bridgehead atoms. The third kappa shape index (κ3) is 9.10. The molecule has 18 nitrogen and oxygen atoms in total. The highest BCUT2D eigenvalue weighted by Gasteiger charge is 2.46. The van der Waals surface area contributed by atoms with Gasteiger partial charge in [-0.25, -0.2) is 23.8 Å². The zero-order valence-corrected chi connectivity index (χ0v) is 23.5. The monoisotopic (exact) mass is 606 g/mol. The Morgan fingerprint density at radius 2 is 1.61 bits per heavy atom. The second-order valence-electron chi connectivity index (χ2n) is 8.03. The van der Waals surface area contributed by atoms with Crippen molar-refractivity contribution in [1.29, 1.82) is 0 Å². The number of imidazole rings is 1. The average molecular weight is 606 g/mol. The van der Waals surface area contributed by atoms with E-state index in [0.29, 0.717) is 0 Å². The quantitative estimate of drug-likeness (QED) is 0.164. The van der Waals surface area contributed by atoms with E-state index < -0.39 is 60.1 Å². The second-order valence-corrected chi connectivity index (χ2v) is 13.6. The minimum atomic E-state index is -5.42. The van der Waals surface area contributed by atoms with Crippen LogP contribution in [0, 0.1) is 0 Å². The zero-order valence-electron chi connectivity index (χ0n) is 20.8. The Balaban J connectivity index is 0.000000638. The lowest BCUT2D eigenvalue weighted by molar-refractivity contribution is -0.0483. The second kappa shape index (κ2) is 13.3. The zero-order chi connectivity index (χ0) is 28.9. The number of anilines is 1. The molecule has 2 aromatic heterocycles. The molecule has 0 aromatic carbocycles. The molecule has 1 aliphatic rings. The number of rotatable bonds is 11. The molecule has 1 aliphatic heterocycles. The minimum absolute atomic E-state index is 0.0591. The van der Waals surface area contributed by atoms with Crippen LogP contribution in [0.1, 0.15) is 27.0 Å². The van der Waals surface area contributed by atoms with Crippen LogP contribution in [0.2, 0.25) is 0 Å². The van der Waals surface area contributed by atoms with Crippen molar-refractivity contribution in [2.45, 2.75) is 45.3 Å². The predicted molar refractivity (Wildman–Crippen MR) is 133 cm³/mol. The molecule has 21 heteroatoms. The topological polar surface area (TPSA) is 273 Å². The van der Waals surface area contributed by atoms with Crippen molar-refractivity contribution in [3.63, 3.8) is 0 Å². The number of nitrogens with two attached hydrogens (primary N) is 1. The molecule has 2 unspecified atom stereocenters. The van der Waals surface area contributed by atoms with Crippen LogP contribution in [-0.4, -0.2) is 105 Å². The Bertz CT molecular complexity index is 1200. The average Bonchev–Trinajstić information content (AvgIpc) is 3.34. The fraction of sp³-hybridized carbons (Fsp3) is 0.706. The van der Waals surface area contributed by atoms with Crippen molar-refractivity contribution in [3.8, 4) is 0 Å². The molecule has 2 aromatic rings. The van der Waals surface area contributed by atoms with Gasteiger partial charge in [0.15, 0.2) is 23.6 Å². The highest BCUT2D eigenvalue weighted by Crippen LogP contribution is 2.64. The molecule has 0 amide bonds. The molecular formula is C17H33N6O12P3. The van der Waals surface area contributed by atoms with Crippen LogP contribution >= 0.6 is 23.0 Å². The van der Waals surface area contributed by atoms with Gasteiger partial charge in [0.1, 0.15) is 30.2 Å². The van der Waals surface area contributed by atoms with Gasteiger partial charge in [-0.3, -0.25) is 13.7 Å². The maximum atomic E-state index is 12.0. The lowest BCUT2D eigenvalue weighted by atomic mass is 10.1. The number of nitrogen functional groups attached to an aromatic ring is 1. The van der Waals surface area contributed by atoms with Crippen molar-refractivity contribution in [2.24, 2.45) is 0 Å². The normalized spacial score (nSPS) is 25.1. The Labute approximate surface area is 217 Å². The van der Waals surface area contributed by atoms with Crippen molar-refractivity contribution in [1.82, 2.24) is 24.4 Å². The lowest BCUT2D eigenvalue weighted by Gasteiger charge is -2.19. The van der Waals surface area contributed by atoms with Crippen LogP contribution in [0.15, 0.2) is 12.7 Å². The van der Waals surface area contributed by atoms with E-state index in [9.17, 15) is 33.7 Å². The molecule has 1 saturated heterocycles. The third-order valence-corrected chi connectivity index (χ3v) is 10.7. The van der Waals surface area contributed by atoms with Crippen LogP contribution in [0.4, 0.5) is 5.82 Å². The molecule has 3 heterocycles. The van der Waals surface area contributed by atoms with Gasteiger partial charge in [-0.05, 0) is 19.6 Å². The molecule has 8 N–H and O–H groups in total. The largest absolute Gasteiger partial charge is 0.476 e. The number of aliphatic hydroxyl groups is 2. The first kappa shape index (κ1) is 32.8. The van der Waals surface area contributed by atoms with Crippen molar-refractivity contribution >= 4 is 40.0 Å². The Morgan fingerprint density at radius 3 is 2.13 bits per heavy atom. The van der Waals surface area contributed by atoms with E-state index >= 15 is 0 Å². The highest BCUT2D eigenvalue weighted by molar-refractivity contribution is 7.74. The van der Waals surface area contributed by atoms with E-state index in [1.165, 1.54) is 30.5 Å². The summed E-state index contributed by atoms with van der Waals surface area (Å²) >= 11 is 0. The van der Waals surface area contributed by atoms with Gasteiger partial charge < -0.3 is 49.7 Å². The van der Waals surface area contributed by atoms with Gasteiger partial charge in [0.05, 0.1) is 12.9 Å². The van der Waals surface area contributed by atoms with E-state index in [0.717, 1.165) is 6.33 Å². The van der Waals surface area contributed by atoms with Gasteiger partial charge in [0.2, 0.25) is 0 Å². The summed E-state index contributed by atoms with van der Waals surface area (Å²) in [5.41, 5.74) is 6.06. The summed E-state index contributed by atoms with van der Waals surface area (Å²) in [6, 6.07) is 0. The highest BCUT2D eigenvalue weighted by atomic mass is 31.3. The number of hydrogen-bond acceptors (Lipinski definition) is 13. The van der Waals surface area contributed by atoms with E-state index in [1.54, 1.807) is 0 Å². The number of phosphoric acid groups is 1. The smallest absolute Gasteiger partial charge is 0.387 e. The Hall–Kier alpha value is -1.36. The van der Waals surface area contributed by atoms with Gasteiger partial charge >= 0.3 is 23.0 Å². The first-order valence-electron chi connectivity index (χ1n) is 11.3. The fourth-order valence-corrected chi connectivity index (χ4v) is 7.99. The number of ether oxygens (including phenoxy) is 1. The van der Waals surface area contributed by atoms with Crippen LogP contribution in [0.5, 0.6) is 0 Å². The van der Waals surface area contributed by atoms with E-state index in [-0.39, 0.29) is 17.0 Å². The van der Waals surface area contributed by atoms with Crippen LogP contribution in [0.3, 0.4) is 0 Å². The summed E-state index contributed by atoms with van der Waals surface area (Å²) in [4.78, 5) is 50.3. The summed E-state index contributed by atoms with van der Waals surface area (Å²) in [5, 5.41) is 20.5. The minimum Gasteiger partial charge on any atom is -0.387 e. The maximum absolute atomic E-state index is 12.0. The van der Waals surface area contributed by atoms with Crippen LogP contribution in [0.25, 0.3) is 11.2 Å². The van der Waals surface area contributed by atoms with Gasteiger partial charge in [0.25, 0.3) is 0 Å². The van der Waals surface area contributed by atoms with E-state index in [1.807, 2.05) is 0 Å². The van der Waals surface area contributed by atoms with Crippen LogP contribution < -0.4 is 5.73 Å².